The number of hydrogen-bond donors (Lipinski definition) is 0. The number of carbonyl (C=O) groups is 1. The summed E-state index contributed by atoms with van der Waals surface area (Å²) in [4.78, 5) is 13.8. The van der Waals surface area contributed by atoms with Crippen LogP contribution in [-0.4, -0.2) is 29.3 Å². The van der Waals surface area contributed by atoms with Crippen molar-refractivity contribution >= 4 is 17.5 Å². The molecular formula is C14H16ClF2NO. The highest BCUT2D eigenvalue weighted by atomic mass is 35.5. The predicted molar refractivity (Wildman–Crippen MR) is 70.4 cm³/mol. The van der Waals surface area contributed by atoms with Crippen LogP contribution in [0.2, 0.25) is 0 Å². The summed E-state index contributed by atoms with van der Waals surface area (Å²) < 4.78 is 26.9. The van der Waals surface area contributed by atoms with Gasteiger partial charge in [0.1, 0.15) is 11.6 Å². The molecule has 104 valence electrons. The van der Waals surface area contributed by atoms with Gasteiger partial charge in [-0.1, -0.05) is 6.92 Å². The molecular weight excluding hydrogens is 272 g/mol. The SMILES string of the molecule is Cc1cc(C(=O)N2CCC(C)C(Cl)C2)c(F)cc1F. The molecule has 0 aromatic heterocycles. The standard InChI is InChI=1S/C14H16ClF2NO/c1-8-3-4-18(7-11(8)15)14(19)10-5-9(2)12(16)6-13(10)17/h5-6,8,11H,3-4,7H2,1-2H3. The number of rotatable bonds is 1. The van der Waals surface area contributed by atoms with E-state index in [2.05, 4.69) is 0 Å². The number of aryl methyl sites for hydroxylation is 1. The lowest BCUT2D eigenvalue weighted by Crippen LogP contribution is -2.44. The van der Waals surface area contributed by atoms with Gasteiger partial charge in [-0.15, -0.1) is 11.6 Å². The van der Waals surface area contributed by atoms with Gasteiger partial charge in [0.25, 0.3) is 5.91 Å². The average molecular weight is 288 g/mol. The van der Waals surface area contributed by atoms with Gasteiger partial charge >= 0.3 is 0 Å². The van der Waals surface area contributed by atoms with Crippen molar-refractivity contribution in [3.05, 3.63) is 34.9 Å². The van der Waals surface area contributed by atoms with Crippen molar-refractivity contribution in [1.82, 2.24) is 4.90 Å². The Bertz CT molecular complexity index is 506. The fourth-order valence-electron chi connectivity index (χ4n) is 2.20. The van der Waals surface area contributed by atoms with Gasteiger partial charge < -0.3 is 4.90 Å². The van der Waals surface area contributed by atoms with Crippen molar-refractivity contribution in [2.45, 2.75) is 25.6 Å². The Morgan fingerprint density at radius 2 is 2.05 bits per heavy atom. The second kappa shape index (κ2) is 5.45. The first-order chi connectivity index (χ1) is 8.90. The summed E-state index contributed by atoms with van der Waals surface area (Å²) in [5.41, 5.74) is 0.176. The van der Waals surface area contributed by atoms with E-state index in [1.807, 2.05) is 6.92 Å². The largest absolute Gasteiger partial charge is 0.337 e. The lowest BCUT2D eigenvalue weighted by molar-refractivity contribution is 0.0696. The van der Waals surface area contributed by atoms with E-state index < -0.39 is 17.5 Å². The van der Waals surface area contributed by atoms with Crippen LogP contribution in [0.4, 0.5) is 8.78 Å². The zero-order valence-corrected chi connectivity index (χ0v) is 11.7. The number of piperidine rings is 1. The van der Waals surface area contributed by atoms with Gasteiger partial charge in [0.2, 0.25) is 0 Å². The first-order valence-electron chi connectivity index (χ1n) is 6.29. The van der Waals surface area contributed by atoms with E-state index in [1.165, 1.54) is 17.9 Å². The molecule has 1 heterocycles. The van der Waals surface area contributed by atoms with Crippen molar-refractivity contribution < 1.29 is 13.6 Å². The van der Waals surface area contributed by atoms with Crippen LogP contribution in [0.15, 0.2) is 12.1 Å². The normalized spacial score (nSPS) is 23.5. The van der Waals surface area contributed by atoms with Crippen LogP contribution in [0, 0.1) is 24.5 Å². The van der Waals surface area contributed by atoms with Crippen molar-refractivity contribution in [1.29, 1.82) is 0 Å². The Morgan fingerprint density at radius 1 is 1.37 bits per heavy atom. The Morgan fingerprint density at radius 3 is 2.68 bits per heavy atom. The van der Waals surface area contributed by atoms with Crippen LogP contribution in [0.1, 0.15) is 29.3 Å². The molecule has 0 radical (unpaired) electrons. The number of benzene rings is 1. The molecule has 2 nitrogen and oxygen atoms in total. The minimum atomic E-state index is -0.821. The van der Waals surface area contributed by atoms with Crippen molar-refractivity contribution in [3.63, 3.8) is 0 Å². The fourth-order valence-corrected chi connectivity index (χ4v) is 2.49. The molecule has 19 heavy (non-hydrogen) atoms. The van der Waals surface area contributed by atoms with Gasteiger partial charge in [0, 0.05) is 19.2 Å². The lowest BCUT2D eigenvalue weighted by atomic mass is 9.97. The monoisotopic (exact) mass is 287 g/mol. The van der Waals surface area contributed by atoms with Crippen LogP contribution in [-0.2, 0) is 0 Å². The van der Waals surface area contributed by atoms with E-state index in [1.54, 1.807) is 0 Å². The summed E-state index contributed by atoms with van der Waals surface area (Å²) in [6.45, 7) is 4.49. The number of amides is 1. The molecule has 1 aromatic rings. The summed E-state index contributed by atoms with van der Waals surface area (Å²) in [7, 11) is 0. The molecule has 2 unspecified atom stereocenters. The molecule has 1 fully saturated rings. The Kier molecular flexibility index (Phi) is 4.09. The zero-order valence-electron chi connectivity index (χ0n) is 10.9. The Hall–Kier alpha value is -1.16. The molecule has 1 aliphatic heterocycles. The summed E-state index contributed by atoms with van der Waals surface area (Å²) in [5, 5.41) is -0.123. The molecule has 0 N–H and O–H groups in total. The van der Waals surface area contributed by atoms with E-state index in [-0.39, 0.29) is 16.5 Å². The van der Waals surface area contributed by atoms with Gasteiger partial charge in [-0.2, -0.15) is 0 Å². The van der Waals surface area contributed by atoms with Crippen molar-refractivity contribution in [2.75, 3.05) is 13.1 Å². The van der Waals surface area contributed by atoms with Gasteiger partial charge in [-0.05, 0) is 30.9 Å². The van der Waals surface area contributed by atoms with Crippen LogP contribution in [0.5, 0.6) is 0 Å². The van der Waals surface area contributed by atoms with Crippen LogP contribution in [0.3, 0.4) is 0 Å². The molecule has 1 saturated heterocycles. The van der Waals surface area contributed by atoms with E-state index >= 15 is 0 Å². The molecule has 1 amide bonds. The molecule has 2 atom stereocenters. The predicted octanol–water partition coefficient (Wildman–Crippen LogP) is 3.36. The number of likely N-dealkylation sites (tertiary alicyclic amines) is 1. The average Bonchev–Trinajstić information content (AvgIpc) is 2.36. The molecule has 0 spiro atoms. The Balaban J connectivity index is 2.23. The maximum Gasteiger partial charge on any atom is 0.256 e. The van der Waals surface area contributed by atoms with Crippen LogP contribution >= 0.6 is 11.6 Å². The maximum absolute atomic E-state index is 13.7. The van der Waals surface area contributed by atoms with Crippen molar-refractivity contribution in [3.8, 4) is 0 Å². The molecule has 5 heteroatoms. The highest BCUT2D eigenvalue weighted by Crippen LogP contribution is 2.24. The third-order valence-corrected chi connectivity index (χ3v) is 4.20. The van der Waals surface area contributed by atoms with Gasteiger partial charge in [0.15, 0.2) is 0 Å². The molecule has 0 bridgehead atoms. The molecule has 0 saturated carbocycles. The minimum absolute atomic E-state index is 0.0858. The van der Waals surface area contributed by atoms with E-state index in [0.29, 0.717) is 19.0 Å². The van der Waals surface area contributed by atoms with E-state index in [4.69, 9.17) is 11.6 Å². The van der Waals surface area contributed by atoms with E-state index in [9.17, 15) is 13.6 Å². The molecule has 1 aromatic carbocycles. The molecule has 0 aliphatic carbocycles. The number of alkyl halides is 1. The fraction of sp³-hybridized carbons (Fsp3) is 0.500. The highest BCUT2D eigenvalue weighted by Gasteiger charge is 2.29. The van der Waals surface area contributed by atoms with E-state index in [0.717, 1.165) is 12.5 Å². The maximum atomic E-state index is 13.7. The number of hydrogen-bond acceptors (Lipinski definition) is 1. The summed E-state index contributed by atoms with van der Waals surface area (Å²) in [6.07, 6.45) is 0.793. The van der Waals surface area contributed by atoms with Gasteiger partial charge in [0.05, 0.1) is 10.9 Å². The molecule has 1 aliphatic rings. The number of carbonyl (C=O) groups excluding carboxylic acids is 1. The number of halogens is 3. The second-order valence-electron chi connectivity index (χ2n) is 5.11. The molecule has 2 rings (SSSR count). The lowest BCUT2D eigenvalue weighted by Gasteiger charge is -2.34. The van der Waals surface area contributed by atoms with Gasteiger partial charge in [-0.25, -0.2) is 8.78 Å². The van der Waals surface area contributed by atoms with Crippen molar-refractivity contribution in [2.24, 2.45) is 5.92 Å². The van der Waals surface area contributed by atoms with Crippen LogP contribution in [0.25, 0.3) is 0 Å². The first-order valence-corrected chi connectivity index (χ1v) is 6.72. The third-order valence-electron chi connectivity index (χ3n) is 3.63. The summed E-state index contributed by atoms with van der Waals surface area (Å²) >= 11 is 6.14. The Labute approximate surface area is 116 Å². The zero-order chi connectivity index (χ0) is 14.2. The summed E-state index contributed by atoms with van der Waals surface area (Å²) in [5.74, 6) is -1.54. The summed E-state index contributed by atoms with van der Waals surface area (Å²) in [6, 6.07) is 2.02. The minimum Gasteiger partial charge on any atom is -0.337 e. The topological polar surface area (TPSA) is 20.3 Å². The van der Waals surface area contributed by atoms with Crippen LogP contribution < -0.4 is 0 Å². The smallest absolute Gasteiger partial charge is 0.256 e. The highest BCUT2D eigenvalue weighted by molar-refractivity contribution is 6.21. The van der Waals surface area contributed by atoms with Gasteiger partial charge in [-0.3, -0.25) is 4.79 Å². The quantitative estimate of drug-likeness (QED) is 0.725. The first kappa shape index (κ1) is 14.3. The second-order valence-corrected chi connectivity index (χ2v) is 5.67. The number of nitrogens with zero attached hydrogens (tertiary/aromatic N) is 1. The third kappa shape index (κ3) is 2.89.